The maximum absolute atomic E-state index is 5.40. The fourth-order valence-corrected chi connectivity index (χ4v) is 0.608. The van der Waals surface area contributed by atoms with Gasteiger partial charge in [0.15, 0.2) is 0 Å². The fraction of sp³-hybridized carbons (Fsp3) is 0.750. The summed E-state index contributed by atoms with van der Waals surface area (Å²) in [5, 5.41) is 2.81. The third kappa shape index (κ3) is 1.11. The van der Waals surface area contributed by atoms with E-state index in [0.717, 1.165) is 6.42 Å². The van der Waals surface area contributed by atoms with Crippen LogP contribution in [-0.4, -0.2) is 17.6 Å². The molecule has 1 aliphatic carbocycles. The lowest BCUT2D eigenvalue weighted by atomic mass is 10.7. The van der Waals surface area contributed by atoms with Crippen LogP contribution in [0.25, 0.3) is 0 Å². The molecular formula is C4H7N2S. The first-order valence-electron chi connectivity index (χ1n) is 2.23. The van der Waals surface area contributed by atoms with Gasteiger partial charge in [-0.2, -0.15) is 0 Å². The summed E-state index contributed by atoms with van der Waals surface area (Å²) in [4.78, 5) is 0. The molecule has 0 aromatic heterocycles. The molecule has 3 heteroatoms. The molecule has 39 valence electrons. The monoisotopic (exact) mass is 115 g/mol. The van der Waals surface area contributed by atoms with E-state index in [9.17, 15) is 0 Å². The highest BCUT2D eigenvalue weighted by Gasteiger charge is 2.32. The van der Waals surface area contributed by atoms with E-state index >= 15 is 0 Å². The topological polar surface area (TPSA) is 38.0 Å². The number of rotatable bonds is 2. The van der Waals surface area contributed by atoms with Crippen LogP contribution in [0.4, 0.5) is 0 Å². The molecule has 1 aliphatic rings. The highest BCUT2D eigenvalue weighted by Crippen LogP contribution is 2.16. The zero-order valence-corrected chi connectivity index (χ0v) is 4.66. The molecule has 2 atom stereocenters. The van der Waals surface area contributed by atoms with Gasteiger partial charge in [-0.25, -0.2) is 0 Å². The number of hydrogen-bond donors (Lipinski definition) is 2. The van der Waals surface area contributed by atoms with E-state index in [4.69, 9.17) is 5.73 Å². The fourth-order valence-electron chi connectivity index (χ4n) is 0.456. The van der Waals surface area contributed by atoms with E-state index in [1.54, 1.807) is 0 Å². The van der Waals surface area contributed by atoms with Crippen LogP contribution in [0, 0.1) is 0 Å². The molecule has 1 radical (unpaired) electrons. The number of hydrogen-bond acceptors (Lipinski definition) is 2. The van der Waals surface area contributed by atoms with Crippen LogP contribution >= 0.6 is 12.2 Å². The van der Waals surface area contributed by atoms with Crippen molar-refractivity contribution in [3.63, 3.8) is 0 Å². The summed E-state index contributed by atoms with van der Waals surface area (Å²) in [6.07, 6.45) is 1.05. The van der Waals surface area contributed by atoms with Gasteiger partial charge in [-0.15, -0.1) is 0 Å². The van der Waals surface area contributed by atoms with Gasteiger partial charge in [0.1, 0.15) is 5.49 Å². The maximum atomic E-state index is 5.40. The standard InChI is InChI=1S/C4H7N2S/c5-3-1-4(3)6-2-7/h3-4H,1,5H2,(H,6,7). The molecule has 2 nitrogen and oxygen atoms in total. The second-order valence-electron chi connectivity index (χ2n) is 1.75. The van der Waals surface area contributed by atoms with Crippen LogP contribution in [0.1, 0.15) is 6.42 Å². The molecule has 1 fully saturated rings. The van der Waals surface area contributed by atoms with Gasteiger partial charge >= 0.3 is 0 Å². The van der Waals surface area contributed by atoms with Crippen molar-refractivity contribution in [2.24, 2.45) is 5.73 Å². The van der Waals surface area contributed by atoms with Crippen molar-refractivity contribution >= 4 is 17.7 Å². The van der Waals surface area contributed by atoms with Crippen LogP contribution in [0.3, 0.4) is 0 Å². The van der Waals surface area contributed by atoms with Crippen LogP contribution in [0.2, 0.25) is 0 Å². The Kier molecular flexibility index (Phi) is 1.25. The van der Waals surface area contributed by atoms with Crippen molar-refractivity contribution in [3.8, 4) is 0 Å². The van der Waals surface area contributed by atoms with Gasteiger partial charge in [0.2, 0.25) is 0 Å². The van der Waals surface area contributed by atoms with E-state index in [1.807, 2.05) is 0 Å². The summed E-state index contributed by atoms with van der Waals surface area (Å²) in [5.41, 5.74) is 7.82. The van der Waals surface area contributed by atoms with Crippen molar-refractivity contribution in [1.29, 1.82) is 0 Å². The smallest absolute Gasteiger partial charge is 0.134 e. The molecule has 0 saturated heterocycles. The van der Waals surface area contributed by atoms with E-state index in [-0.39, 0.29) is 0 Å². The minimum absolute atomic E-state index is 0.329. The average Bonchev–Trinajstić information content (AvgIpc) is 2.22. The van der Waals surface area contributed by atoms with Crippen LogP contribution < -0.4 is 11.1 Å². The van der Waals surface area contributed by atoms with E-state index in [1.165, 1.54) is 0 Å². The molecule has 0 heterocycles. The van der Waals surface area contributed by atoms with Gasteiger partial charge in [-0.1, -0.05) is 12.2 Å². The van der Waals surface area contributed by atoms with Gasteiger partial charge in [0.25, 0.3) is 0 Å². The summed E-state index contributed by atoms with van der Waals surface area (Å²) in [6.45, 7) is 0. The van der Waals surface area contributed by atoms with E-state index in [2.05, 4.69) is 23.0 Å². The molecule has 0 aromatic carbocycles. The van der Waals surface area contributed by atoms with E-state index in [0.29, 0.717) is 12.1 Å². The Morgan fingerprint density at radius 2 is 2.43 bits per heavy atom. The van der Waals surface area contributed by atoms with Crippen molar-refractivity contribution in [2.45, 2.75) is 18.5 Å². The Morgan fingerprint density at radius 1 is 1.86 bits per heavy atom. The zero-order valence-electron chi connectivity index (χ0n) is 3.85. The van der Waals surface area contributed by atoms with Gasteiger partial charge in [0.05, 0.1) is 0 Å². The summed E-state index contributed by atoms with van der Waals surface area (Å²) < 4.78 is 0. The summed E-state index contributed by atoms with van der Waals surface area (Å²) in [6, 6.07) is 0.757. The van der Waals surface area contributed by atoms with Crippen LogP contribution in [0.15, 0.2) is 0 Å². The number of nitrogens with two attached hydrogens (primary N) is 1. The Morgan fingerprint density at radius 3 is 2.57 bits per heavy atom. The number of nitrogens with one attached hydrogen (secondary N) is 1. The largest absolute Gasteiger partial charge is 0.370 e. The van der Waals surface area contributed by atoms with Crippen LogP contribution in [0.5, 0.6) is 0 Å². The molecule has 3 N–H and O–H groups in total. The Bertz CT molecular complexity index is 83.8. The third-order valence-electron chi connectivity index (χ3n) is 1.08. The molecule has 1 rings (SSSR count). The van der Waals surface area contributed by atoms with Gasteiger partial charge < -0.3 is 11.1 Å². The minimum atomic E-state index is 0.329. The van der Waals surface area contributed by atoms with Gasteiger partial charge in [0, 0.05) is 12.1 Å². The SMILES string of the molecule is NC1CC1N[C]=S. The lowest BCUT2D eigenvalue weighted by Gasteiger charge is -1.87. The lowest BCUT2D eigenvalue weighted by Crippen LogP contribution is -2.19. The molecule has 0 amide bonds. The van der Waals surface area contributed by atoms with Crippen molar-refractivity contribution in [1.82, 2.24) is 5.32 Å². The van der Waals surface area contributed by atoms with E-state index < -0.39 is 0 Å². The van der Waals surface area contributed by atoms with Crippen molar-refractivity contribution in [3.05, 3.63) is 0 Å². The molecule has 2 unspecified atom stereocenters. The molecular weight excluding hydrogens is 108 g/mol. The van der Waals surface area contributed by atoms with Gasteiger partial charge in [-0.05, 0) is 6.42 Å². The number of thiocarbonyl (C=S) groups is 1. The maximum Gasteiger partial charge on any atom is 0.134 e. The first kappa shape index (κ1) is 5.00. The molecule has 0 bridgehead atoms. The highest BCUT2D eigenvalue weighted by molar-refractivity contribution is 7.78. The molecule has 7 heavy (non-hydrogen) atoms. The predicted molar refractivity (Wildman–Crippen MR) is 32.1 cm³/mol. The quantitative estimate of drug-likeness (QED) is 0.377. The second kappa shape index (κ2) is 1.76. The predicted octanol–water partition coefficient (Wildman–Crippen LogP) is -0.490. The lowest BCUT2D eigenvalue weighted by molar-refractivity contribution is 0.877. The van der Waals surface area contributed by atoms with Crippen molar-refractivity contribution in [2.75, 3.05) is 0 Å². The highest BCUT2D eigenvalue weighted by atomic mass is 32.1. The summed E-state index contributed by atoms with van der Waals surface area (Å²) in [5.74, 6) is 0. The Labute approximate surface area is 48.1 Å². The Balaban J connectivity index is 2.08. The first-order chi connectivity index (χ1) is 3.34. The summed E-state index contributed by atoms with van der Waals surface area (Å²) >= 11 is 4.40. The Hall–Kier alpha value is -0.150. The first-order valence-corrected chi connectivity index (χ1v) is 2.63. The minimum Gasteiger partial charge on any atom is -0.370 e. The van der Waals surface area contributed by atoms with Crippen molar-refractivity contribution < 1.29 is 0 Å². The summed E-state index contributed by atoms with van der Waals surface area (Å²) in [7, 11) is 0. The third-order valence-corrected chi connectivity index (χ3v) is 1.20. The van der Waals surface area contributed by atoms with Gasteiger partial charge in [-0.3, -0.25) is 0 Å². The zero-order chi connectivity index (χ0) is 5.28. The normalized spacial score (nSPS) is 37.3. The average molecular weight is 115 g/mol. The molecule has 0 spiro atoms. The second-order valence-corrected chi connectivity index (χ2v) is 1.96. The molecule has 0 aromatic rings. The van der Waals surface area contributed by atoms with Crippen LogP contribution in [-0.2, 0) is 0 Å². The molecule has 1 saturated carbocycles. The molecule has 0 aliphatic heterocycles.